The highest BCUT2D eigenvalue weighted by Gasteiger charge is 2.38. The number of aromatic nitrogens is 2. The Labute approximate surface area is 229 Å². The Balaban J connectivity index is 1.86. The topological polar surface area (TPSA) is 58.4 Å². The number of aromatic hydroxyl groups is 1. The fourth-order valence-electron chi connectivity index (χ4n) is 6.24. The molecule has 5 nitrogen and oxygen atoms in total. The van der Waals surface area contributed by atoms with Gasteiger partial charge in [0.15, 0.2) is 5.78 Å². The lowest BCUT2D eigenvalue weighted by Crippen LogP contribution is -2.32. The number of imidazole rings is 1. The summed E-state index contributed by atoms with van der Waals surface area (Å²) in [7, 11) is 0. The molecule has 1 fully saturated rings. The van der Waals surface area contributed by atoms with Gasteiger partial charge in [0.2, 0.25) is 5.95 Å². The lowest BCUT2D eigenvalue weighted by atomic mass is 9.78. The number of fused-ring (bicyclic) bond motifs is 1. The maximum atomic E-state index is 14.1. The Morgan fingerprint density at radius 3 is 2.03 bits per heavy atom. The molecule has 1 aliphatic heterocycles. The SMILES string of the molecule is CCC1C(C)CN(c2nc3cc(C)c(C)cc3n2CC(=O)c2cc(C(C)(C)C)c(O)c(C(C)(C)C)c2)C1C. The van der Waals surface area contributed by atoms with Gasteiger partial charge < -0.3 is 14.6 Å². The van der Waals surface area contributed by atoms with Crippen LogP contribution in [-0.4, -0.2) is 33.0 Å². The summed E-state index contributed by atoms with van der Waals surface area (Å²) in [4.78, 5) is 21.6. The number of ketones is 1. The first kappa shape index (κ1) is 28.2. The van der Waals surface area contributed by atoms with E-state index in [1.807, 2.05) is 12.1 Å². The number of Topliss-reactive ketones (excluding diaryl/α,β-unsaturated/α-hetero) is 1. The summed E-state index contributed by atoms with van der Waals surface area (Å²) in [5.74, 6) is 2.39. The van der Waals surface area contributed by atoms with Crippen LogP contribution in [0.1, 0.15) is 101 Å². The molecule has 2 aromatic carbocycles. The number of phenols is 1. The second-order valence-corrected chi connectivity index (χ2v) is 13.7. The van der Waals surface area contributed by atoms with Crippen molar-refractivity contribution >= 4 is 22.8 Å². The van der Waals surface area contributed by atoms with Crippen molar-refractivity contribution in [3.63, 3.8) is 0 Å². The monoisotopic (exact) mass is 517 g/mol. The molecule has 0 spiro atoms. The summed E-state index contributed by atoms with van der Waals surface area (Å²) in [6, 6.07) is 8.47. The molecule has 0 radical (unpaired) electrons. The van der Waals surface area contributed by atoms with Crippen LogP contribution in [0.2, 0.25) is 0 Å². The molecule has 1 saturated heterocycles. The van der Waals surface area contributed by atoms with Crippen molar-refractivity contribution < 1.29 is 9.90 Å². The van der Waals surface area contributed by atoms with E-state index in [-0.39, 0.29) is 23.2 Å². The molecule has 3 atom stereocenters. The average Bonchev–Trinajstić information content (AvgIpc) is 3.27. The number of carbonyl (C=O) groups is 1. The van der Waals surface area contributed by atoms with E-state index in [2.05, 4.69) is 97.8 Å². The maximum absolute atomic E-state index is 14.1. The zero-order valence-corrected chi connectivity index (χ0v) is 25.4. The molecule has 1 N–H and O–H groups in total. The van der Waals surface area contributed by atoms with Crippen LogP contribution in [0.25, 0.3) is 11.0 Å². The molecular formula is C33H47N3O2. The van der Waals surface area contributed by atoms with E-state index in [0.717, 1.165) is 41.1 Å². The Hall–Kier alpha value is -2.82. The summed E-state index contributed by atoms with van der Waals surface area (Å²) in [6.45, 7) is 24.8. The summed E-state index contributed by atoms with van der Waals surface area (Å²) >= 11 is 0. The van der Waals surface area contributed by atoms with Gasteiger partial charge in [-0.05, 0) is 78.8 Å². The summed E-state index contributed by atoms with van der Waals surface area (Å²) in [6.07, 6.45) is 1.13. The van der Waals surface area contributed by atoms with Gasteiger partial charge in [0, 0.05) is 29.3 Å². The number of rotatable bonds is 5. The molecule has 0 aliphatic carbocycles. The van der Waals surface area contributed by atoms with Crippen LogP contribution in [0.4, 0.5) is 5.95 Å². The second kappa shape index (κ2) is 9.73. The molecule has 0 amide bonds. The second-order valence-electron chi connectivity index (χ2n) is 13.7. The van der Waals surface area contributed by atoms with Crippen LogP contribution in [0.15, 0.2) is 24.3 Å². The standard InChI is InChI=1S/C33H47N3O2/c1-12-24-21(4)17-35(22(24)5)31-34-27-13-19(2)20(3)14-28(27)36(31)18-29(37)23-15-25(32(6,7)8)30(38)26(16-23)33(9,10)11/h13-16,21-22,24,38H,12,17-18H2,1-11H3. The van der Waals surface area contributed by atoms with Gasteiger partial charge in [-0.1, -0.05) is 61.8 Å². The van der Waals surface area contributed by atoms with E-state index in [0.29, 0.717) is 29.2 Å². The quantitative estimate of drug-likeness (QED) is 0.352. The zero-order valence-electron chi connectivity index (χ0n) is 25.4. The number of phenolic OH excluding ortho intramolecular Hbond substituents is 1. The molecule has 1 aliphatic rings. The minimum atomic E-state index is -0.293. The van der Waals surface area contributed by atoms with Crippen molar-refractivity contribution in [1.82, 2.24) is 9.55 Å². The molecule has 2 heterocycles. The van der Waals surface area contributed by atoms with Gasteiger partial charge in [0.05, 0.1) is 17.6 Å². The van der Waals surface area contributed by atoms with Crippen LogP contribution in [0.3, 0.4) is 0 Å². The number of nitrogens with zero attached hydrogens (tertiary/aromatic N) is 3. The molecule has 1 aromatic heterocycles. The highest BCUT2D eigenvalue weighted by atomic mass is 16.3. The molecule has 0 bridgehead atoms. The largest absolute Gasteiger partial charge is 0.507 e. The van der Waals surface area contributed by atoms with Crippen molar-refractivity contribution in [2.24, 2.45) is 11.8 Å². The van der Waals surface area contributed by atoms with Gasteiger partial charge in [-0.3, -0.25) is 4.79 Å². The van der Waals surface area contributed by atoms with E-state index >= 15 is 0 Å². The van der Waals surface area contributed by atoms with Crippen molar-refractivity contribution in [1.29, 1.82) is 0 Å². The van der Waals surface area contributed by atoms with Crippen molar-refractivity contribution in [3.05, 3.63) is 52.1 Å². The minimum absolute atomic E-state index is 0.0340. The molecule has 3 aromatic rings. The Morgan fingerprint density at radius 1 is 0.974 bits per heavy atom. The molecule has 4 rings (SSSR count). The summed E-state index contributed by atoms with van der Waals surface area (Å²) < 4.78 is 2.13. The smallest absolute Gasteiger partial charge is 0.207 e. The average molecular weight is 518 g/mol. The fourth-order valence-corrected chi connectivity index (χ4v) is 6.24. The van der Waals surface area contributed by atoms with Crippen LogP contribution >= 0.6 is 0 Å². The summed E-state index contributed by atoms with van der Waals surface area (Å²) in [5.41, 5.74) is 6.01. The first-order valence-electron chi connectivity index (χ1n) is 14.2. The predicted octanol–water partition coefficient (Wildman–Crippen LogP) is 7.71. The van der Waals surface area contributed by atoms with E-state index in [1.165, 1.54) is 11.1 Å². The number of aryl methyl sites for hydroxylation is 2. The molecule has 206 valence electrons. The van der Waals surface area contributed by atoms with Crippen molar-refractivity contribution in [2.45, 2.75) is 106 Å². The van der Waals surface area contributed by atoms with Crippen LogP contribution in [0, 0.1) is 25.7 Å². The number of hydrogen-bond donors (Lipinski definition) is 1. The fraction of sp³-hybridized carbons (Fsp3) is 0.576. The maximum Gasteiger partial charge on any atom is 0.207 e. The lowest BCUT2D eigenvalue weighted by molar-refractivity contribution is 0.0973. The van der Waals surface area contributed by atoms with Crippen molar-refractivity contribution in [3.8, 4) is 5.75 Å². The lowest BCUT2D eigenvalue weighted by Gasteiger charge is -2.28. The Kier molecular flexibility index (Phi) is 7.22. The van der Waals surface area contributed by atoms with Crippen LogP contribution in [-0.2, 0) is 17.4 Å². The third kappa shape index (κ3) is 4.97. The highest BCUT2D eigenvalue weighted by molar-refractivity contribution is 5.98. The van der Waals surface area contributed by atoms with E-state index < -0.39 is 0 Å². The number of anilines is 1. The van der Waals surface area contributed by atoms with Gasteiger partial charge >= 0.3 is 0 Å². The Morgan fingerprint density at radius 2 is 1.53 bits per heavy atom. The van der Waals surface area contributed by atoms with Gasteiger partial charge in [-0.25, -0.2) is 4.98 Å². The molecule has 0 saturated carbocycles. The van der Waals surface area contributed by atoms with Gasteiger partial charge in [0.1, 0.15) is 5.75 Å². The number of carbonyl (C=O) groups excluding carboxylic acids is 1. The number of hydrogen-bond acceptors (Lipinski definition) is 4. The van der Waals surface area contributed by atoms with Crippen molar-refractivity contribution in [2.75, 3.05) is 11.4 Å². The van der Waals surface area contributed by atoms with Crippen LogP contribution < -0.4 is 4.90 Å². The summed E-state index contributed by atoms with van der Waals surface area (Å²) in [5, 5.41) is 11.2. The molecule has 38 heavy (non-hydrogen) atoms. The van der Waals surface area contributed by atoms with Gasteiger partial charge in [-0.15, -0.1) is 0 Å². The zero-order chi connectivity index (χ0) is 28.3. The van der Waals surface area contributed by atoms with E-state index in [1.54, 1.807) is 0 Å². The normalized spacial score (nSPS) is 20.5. The molecular weight excluding hydrogens is 470 g/mol. The Bertz CT molecular complexity index is 1330. The molecule has 5 heteroatoms. The highest BCUT2D eigenvalue weighted by Crippen LogP contribution is 2.41. The van der Waals surface area contributed by atoms with E-state index in [4.69, 9.17) is 4.98 Å². The third-order valence-corrected chi connectivity index (χ3v) is 8.75. The van der Waals surface area contributed by atoms with Gasteiger partial charge in [-0.2, -0.15) is 0 Å². The van der Waals surface area contributed by atoms with E-state index in [9.17, 15) is 9.90 Å². The predicted molar refractivity (Wildman–Crippen MR) is 159 cm³/mol. The third-order valence-electron chi connectivity index (χ3n) is 8.75. The minimum Gasteiger partial charge on any atom is -0.507 e. The number of benzene rings is 2. The van der Waals surface area contributed by atoms with Crippen LogP contribution in [0.5, 0.6) is 5.75 Å². The van der Waals surface area contributed by atoms with Gasteiger partial charge in [0.25, 0.3) is 0 Å². The molecule has 3 unspecified atom stereocenters. The first-order valence-corrected chi connectivity index (χ1v) is 14.2. The first-order chi connectivity index (χ1) is 17.5.